The van der Waals surface area contributed by atoms with Gasteiger partial charge in [-0.3, -0.25) is 4.79 Å². The van der Waals surface area contributed by atoms with Gasteiger partial charge in [-0.15, -0.1) is 0 Å². The summed E-state index contributed by atoms with van der Waals surface area (Å²) in [6.45, 7) is 3.62. The first-order valence-corrected chi connectivity index (χ1v) is 9.06. The number of amides is 1. The number of carbonyl (C=O) groups is 1. The standard InChI is InChI=1S/C21H22N2O2/c1-23-11-16-10-22-21(24)18-9-14(2-4-17(18)19(16)12-23)13-3-5-20-15(8-13)6-7-25-20/h2-5,8-9,16,19H,6-7,10-12H2,1H3,(H,22,24). The lowest BCUT2D eigenvalue weighted by Crippen LogP contribution is -2.29. The van der Waals surface area contributed by atoms with Gasteiger partial charge in [0.05, 0.1) is 6.61 Å². The Morgan fingerprint density at radius 2 is 1.96 bits per heavy atom. The highest BCUT2D eigenvalue weighted by Gasteiger charge is 2.36. The van der Waals surface area contributed by atoms with Crippen molar-refractivity contribution in [1.29, 1.82) is 0 Å². The Kier molecular flexibility index (Phi) is 3.35. The summed E-state index contributed by atoms with van der Waals surface area (Å²) in [5.41, 5.74) is 5.57. The molecule has 4 heteroatoms. The molecule has 0 aliphatic carbocycles. The topological polar surface area (TPSA) is 41.6 Å². The molecule has 4 nitrogen and oxygen atoms in total. The highest BCUT2D eigenvalue weighted by Crippen LogP contribution is 2.38. The van der Waals surface area contributed by atoms with E-state index in [-0.39, 0.29) is 5.91 Å². The molecule has 2 aromatic carbocycles. The Bertz CT molecular complexity index is 861. The second-order valence-electron chi connectivity index (χ2n) is 7.52. The van der Waals surface area contributed by atoms with E-state index in [2.05, 4.69) is 47.6 Å². The van der Waals surface area contributed by atoms with E-state index in [4.69, 9.17) is 4.74 Å². The number of likely N-dealkylation sites (tertiary alicyclic amines) is 1. The number of nitrogens with zero attached hydrogens (tertiary/aromatic N) is 1. The van der Waals surface area contributed by atoms with Crippen LogP contribution < -0.4 is 10.1 Å². The Labute approximate surface area is 147 Å². The van der Waals surface area contributed by atoms with Gasteiger partial charge in [0, 0.05) is 37.5 Å². The van der Waals surface area contributed by atoms with Crippen LogP contribution in [0.4, 0.5) is 0 Å². The van der Waals surface area contributed by atoms with E-state index in [0.29, 0.717) is 11.8 Å². The molecule has 2 atom stereocenters. The van der Waals surface area contributed by atoms with E-state index in [9.17, 15) is 4.79 Å². The van der Waals surface area contributed by atoms with Gasteiger partial charge in [-0.05, 0) is 53.4 Å². The van der Waals surface area contributed by atoms with Crippen LogP contribution in [0.3, 0.4) is 0 Å². The van der Waals surface area contributed by atoms with Gasteiger partial charge >= 0.3 is 0 Å². The molecular weight excluding hydrogens is 312 g/mol. The van der Waals surface area contributed by atoms with Crippen molar-refractivity contribution in [3.63, 3.8) is 0 Å². The summed E-state index contributed by atoms with van der Waals surface area (Å²) in [6, 6.07) is 12.8. The minimum absolute atomic E-state index is 0.0680. The molecule has 0 radical (unpaired) electrons. The molecule has 0 spiro atoms. The van der Waals surface area contributed by atoms with Crippen LogP contribution in [-0.4, -0.2) is 44.1 Å². The number of rotatable bonds is 1. The highest BCUT2D eigenvalue weighted by atomic mass is 16.5. The van der Waals surface area contributed by atoms with Crippen molar-refractivity contribution >= 4 is 5.91 Å². The van der Waals surface area contributed by atoms with Crippen molar-refractivity contribution in [2.75, 3.05) is 33.3 Å². The number of likely N-dealkylation sites (N-methyl/N-ethyl adjacent to an activating group) is 1. The molecule has 2 aromatic rings. The van der Waals surface area contributed by atoms with Gasteiger partial charge in [0.15, 0.2) is 0 Å². The maximum atomic E-state index is 12.6. The Hall–Kier alpha value is -2.33. The quantitative estimate of drug-likeness (QED) is 0.872. The zero-order valence-corrected chi connectivity index (χ0v) is 14.4. The van der Waals surface area contributed by atoms with Crippen molar-refractivity contribution < 1.29 is 9.53 Å². The molecule has 0 aromatic heterocycles. The van der Waals surface area contributed by atoms with E-state index in [0.717, 1.165) is 55.1 Å². The largest absolute Gasteiger partial charge is 0.493 e. The molecule has 128 valence electrons. The third-order valence-electron chi connectivity index (χ3n) is 5.87. The lowest BCUT2D eigenvalue weighted by molar-refractivity contribution is 0.0951. The average Bonchev–Trinajstić information content (AvgIpc) is 3.21. The van der Waals surface area contributed by atoms with E-state index in [1.165, 1.54) is 11.1 Å². The third-order valence-corrected chi connectivity index (χ3v) is 5.87. The monoisotopic (exact) mass is 334 g/mol. The van der Waals surface area contributed by atoms with Gasteiger partial charge in [-0.1, -0.05) is 18.2 Å². The van der Waals surface area contributed by atoms with Crippen LogP contribution in [0.2, 0.25) is 0 Å². The number of nitrogens with one attached hydrogen (secondary N) is 1. The summed E-state index contributed by atoms with van der Waals surface area (Å²) in [5, 5.41) is 3.13. The summed E-state index contributed by atoms with van der Waals surface area (Å²) in [4.78, 5) is 15.0. The van der Waals surface area contributed by atoms with E-state index < -0.39 is 0 Å². The number of hydrogen-bond acceptors (Lipinski definition) is 3. The van der Waals surface area contributed by atoms with E-state index in [1.807, 2.05) is 6.07 Å². The molecule has 1 fully saturated rings. The second kappa shape index (κ2) is 5.60. The van der Waals surface area contributed by atoms with Crippen LogP contribution in [0.1, 0.15) is 27.4 Å². The molecule has 3 heterocycles. The first kappa shape index (κ1) is 15.0. The van der Waals surface area contributed by atoms with E-state index >= 15 is 0 Å². The fourth-order valence-electron chi connectivity index (χ4n) is 4.59. The maximum absolute atomic E-state index is 12.6. The van der Waals surface area contributed by atoms with Crippen LogP contribution in [0.15, 0.2) is 36.4 Å². The number of fused-ring (bicyclic) bond motifs is 4. The molecule has 3 aliphatic rings. The summed E-state index contributed by atoms with van der Waals surface area (Å²) >= 11 is 0. The minimum Gasteiger partial charge on any atom is -0.493 e. The number of benzene rings is 2. The van der Waals surface area contributed by atoms with Crippen molar-refractivity contribution in [3.8, 4) is 16.9 Å². The van der Waals surface area contributed by atoms with Gasteiger partial charge in [0.2, 0.25) is 0 Å². The predicted molar refractivity (Wildman–Crippen MR) is 97.1 cm³/mol. The molecular formula is C21H22N2O2. The fourth-order valence-corrected chi connectivity index (χ4v) is 4.59. The molecule has 5 rings (SSSR count). The van der Waals surface area contributed by atoms with Crippen LogP contribution in [-0.2, 0) is 6.42 Å². The van der Waals surface area contributed by atoms with Gasteiger partial charge in [-0.2, -0.15) is 0 Å². The predicted octanol–water partition coefficient (Wildman–Crippen LogP) is 2.68. The van der Waals surface area contributed by atoms with Gasteiger partial charge in [0.1, 0.15) is 5.75 Å². The Balaban J connectivity index is 1.57. The van der Waals surface area contributed by atoms with Crippen LogP contribution >= 0.6 is 0 Å². The zero-order valence-electron chi connectivity index (χ0n) is 14.4. The first-order valence-electron chi connectivity index (χ1n) is 9.06. The van der Waals surface area contributed by atoms with Gasteiger partial charge in [-0.25, -0.2) is 0 Å². The number of ether oxygens (including phenoxy) is 1. The molecule has 1 saturated heterocycles. The summed E-state index contributed by atoms with van der Waals surface area (Å²) in [7, 11) is 2.16. The zero-order chi connectivity index (χ0) is 17.0. The lowest BCUT2D eigenvalue weighted by atomic mass is 9.86. The molecule has 25 heavy (non-hydrogen) atoms. The second-order valence-corrected chi connectivity index (χ2v) is 7.52. The summed E-state index contributed by atoms with van der Waals surface area (Å²) < 4.78 is 5.60. The minimum atomic E-state index is 0.0680. The van der Waals surface area contributed by atoms with Crippen LogP contribution in [0, 0.1) is 5.92 Å². The summed E-state index contributed by atoms with van der Waals surface area (Å²) in [6.07, 6.45) is 0.963. The van der Waals surface area contributed by atoms with Gasteiger partial charge in [0.25, 0.3) is 5.91 Å². The number of hydrogen-bond donors (Lipinski definition) is 1. The molecule has 1 amide bonds. The SMILES string of the molecule is CN1CC2CNC(=O)c3cc(-c4ccc5c(c4)CCO5)ccc3C2C1. The molecule has 0 bridgehead atoms. The Morgan fingerprint density at radius 3 is 2.88 bits per heavy atom. The average molecular weight is 334 g/mol. The van der Waals surface area contributed by atoms with Crippen molar-refractivity contribution in [1.82, 2.24) is 10.2 Å². The maximum Gasteiger partial charge on any atom is 0.251 e. The molecule has 1 N–H and O–H groups in total. The smallest absolute Gasteiger partial charge is 0.251 e. The van der Waals surface area contributed by atoms with Crippen molar-refractivity contribution in [2.24, 2.45) is 5.92 Å². The molecule has 3 aliphatic heterocycles. The summed E-state index contributed by atoms with van der Waals surface area (Å²) in [5.74, 6) is 2.02. The van der Waals surface area contributed by atoms with E-state index in [1.54, 1.807) is 0 Å². The van der Waals surface area contributed by atoms with Crippen molar-refractivity contribution in [3.05, 3.63) is 53.1 Å². The van der Waals surface area contributed by atoms with Crippen LogP contribution in [0.5, 0.6) is 5.75 Å². The van der Waals surface area contributed by atoms with Crippen molar-refractivity contribution in [2.45, 2.75) is 12.3 Å². The fraction of sp³-hybridized carbons (Fsp3) is 0.381. The Morgan fingerprint density at radius 1 is 1.12 bits per heavy atom. The lowest BCUT2D eigenvalue weighted by Gasteiger charge is -2.17. The first-order chi connectivity index (χ1) is 12.2. The van der Waals surface area contributed by atoms with Gasteiger partial charge < -0.3 is 15.0 Å². The normalized spacial score (nSPS) is 24.8. The third kappa shape index (κ3) is 2.44. The number of carbonyl (C=O) groups excluding carboxylic acids is 1. The van der Waals surface area contributed by atoms with Crippen LogP contribution in [0.25, 0.3) is 11.1 Å². The highest BCUT2D eigenvalue weighted by molar-refractivity contribution is 5.97. The molecule has 2 unspecified atom stereocenters. The molecule has 0 saturated carbocycles.